The molecule has 1 fully saturated rings. The van der Waals surface area contributed by atoms with Gasteiger partial charge in [-0.3, -0.25) is 4.79 Å². The van der Waals surface area contributed by atoms with Crippen molar-refractivity contribution < 1.29 is 19.4 Å². The molecule has 3 N–H and O–H groups in total. The van der Waals surface area contributed by atoms with Gasteiger partial charge >= 0.3 is 5.97 Å². The molecule has 1 aliphatic heterocycles. The highest BCUT2D eigenvalue weighted by Gasteiger charge is 2.47. The zero-order chi connectivity index (χ0) is 13.6. The Hall–Kier alpha value is -1.75. The number of rotatable bonds is 3. The van der Waals surface area contributed by atoms with E-state index in [2.05, 4.69) is 0 Å². The van der Waals surface area contributed by atoms with E-state index in [0.29, 0.717) is 25.4 Å². The van der Waals surface area contributed by atoms with Crippen LogP contribution in [0.3, 0.4) is 0 Å². The van der Waals surface area contributed by atoms with Crippen LogP contribution in [-0.2, 0) is 4.79 Å². The van der Waals surface area contributed by atoms with E-state index in [4.69, 9.17) is 20.3 Å². The SMILES string of the molecule is Cc1cc2c(cc1C(N)C1CC1C(=O)O)OCCO2. The first-order chi connectivity index (χ1) is 9.08. The van der Waals surface area contributed by atoms with E-state index in [1.165, 1.54) is 0 Å². The number of hydrogen-bond donors (Lipinski definition) is 2. The van der Waals surface area contributed by atoms with E-state index in [0.717, 1.165) is 16.9 Å². The molecule has 19 heavy (non-hydrogen) atoms. The molecule has 1 aromatic rings. The Bertz CT molecular complexity index is 528. The number of carbonyl (C=O) groups is 1. The third kappa shape index (κ3) is 2.14. The molecule has 102 valence electrons. The Morgan fingerprint density at radius 1 is 1.37 bits per heavy atom. The molecule has 1 saturated carbocycles. The number of hydrogen-bond acceptors (Lipinski definition) is 4. The number of fused-ring (bicyclic) bond motifs is 1. The number of aryl methyl sites for hydroxylation is 1. The van der Waals surface area contributed by atoms with E-state index in [9.17, 15) is 4.79 Å². The van der Waals surface area contributed by atoms with Gasteiger partial charge in [0.1, 0.15) is 13.2 Å². The van der Waals surface area contributed by atoms with Gasteiger partial charge in [-0.2, -0.15) is 0 Å². The fourth-order valence-electron chi connectivity index (χ4n) is 2.69. The van der Waals surface area contributed by atoms with E-state index >= 15 is 0 Å². The molecule has 1 aliphatic carbocycles. The van der Waals surface area contributed by atoms with Crippen LogP contribution in [0.4, 0.5) is 0 Å². The lowest BCUT2D eigenvalue weighted by Crippen LogP contribution is -2.19. The van der Waals surface area contributed by atoms with Crippen LogP contribution in [0.5, 0.6) is 11.5 Å². The molecule has 1 heterocycles. The Balaban J connectivity index is 1.86. The maximum atomic E-state index is 10.9. The number of ether oxygens (including phenoxy) is 2. The van der Waals surface area contributed by atoms with Crippen molar-refractivity contribution in [3.8, 4) is 11.5 Å². The van der Waals surface area contributed by atoms with Gasteiger partial charge in [0.15, 0.2) is 11.5 Å². The molecule has 5 nitrogen and oxygen atoms in total. The highest BCUT2D eigenvalue weighted by Crippen LogP contribution is 2.48. The molecular weight excluding hydrogens is 246 g/mol. The summed E-state index contributed by atoms with van der Waals surface area (Å²) in [5.74, 6) is 0.414. The second kappa shape index (κ2) is 4.42. The molecule has 3 atom stereocenters. The van der Waals surface area contributed by atoms with Crippen molar-refractivity contribution in [2.75, 3.05) is 13.2 Å². The molecule has 0 radical (unpaired) electrons. The minimum atomic E-state index is -0.754. The van der Waals surface area contributed by atoms with Crippen LogP contribution in [0.25, 0.3) is 0 Å². The Morgan fingerprint density at radius 3 is 2.58 bits per heavy atom. The van der Waals surface area contributed by atoms with Crippen molar-refractivity contribution in [2.24, 2.45) is 17.6 Å². The summed E-state index contributed by atoms with van der Waals surface area (Å²) in [7, 11) is 0. The first-order valence-corrected chi connectivity index (χ1v) is 6.46. The highest BCUT2D eigenvalue weighted by atomic mass is 16.6. The molecule has 0 spiro atoms. The van der Waals surface area contributed by atoms with Crippen LogP contribution in [0, 0.1) is 18.8 Å². The topological polar surface area (TPSA) is 81.8 Å². The lowest BCUT2D eigenvalue weighted by atomic mass is 9.96. The number of nitrogens with two attached hydrogens (primary N) is 1. The average Bonchev–Trinajstić information content (AvgIpc) is 3.17. The van der Waals surface area contributed by atoms with Crippen molar-refractivity contribution in [1.29, 1.82) is 0 Å². The summed E-state index contributed by atoms with van der Waals surface area (Å²) in [6.45, 7) is 3.05. The molecule has 3 rings (SSSR count). The molecular formula is C14H17NO4. The summed E-state index contributed by atoms with van der Waals surface area (Å²) in [5.41, 5.74) is 8.18. The average molecular weight is 263 g/mol. The predicted molar refractivity (Wildman–Crippen MR) is 68.3 cm³/mol. The molecule has 1 aromatic carbocycles. The number of carboxylic acids is 1. The maximum Gasteiger partial charge on any atom is 0.306 e. The molecule has 0 saturated heterocycles. The lowest BCUT2D eigenvalue weighted by molar-refractivity contribution is -0.138. The predicted octanol–water partition coefficient (Wildman–Crippen LogP) is 1.49. The van der Waals surface area contributed by atoms with Crippen LogP contribution in [0.1, 0.15) is 23.6 Å². The van der Waals surface area contributed by atoms with E-state index < -0.39 is 5.97 Å². The van der Waals surface area contributed by atoms with Gasteiger partial charge < -0.3 is 20.3 Å². The summed E-state index contributed by atoms with van der Waals surface area (Å²) in [6.07, 6.45) is 0.657. The van der Waals surface area contributed by atoms with Crippen molar-refractivity contribution in [2.45, 2.75) is 19.4 Å². The van der Waals surface area contributed by atoms with E-state index in [1.54, 1.807) is 0 Å². The van der Waals surface area contributed by atoms with Gasteiger partial charge in [0.25, 0.3) is 0 Å². The van der Waals surface area contributed by atoms with Crippen LogP contribution in [-0.4, -0.2) is 24.3 Å². The molecule has 5 heteroatoms. The summed E-state index contributed by atoms with van der Waals surface area (Å²) >= 11 is 0. The van der Waals surface area contributed by atoms with Crippen LogP contribution in [0.15, 0.2) is 12.1 Å². The third-order valence-electron chi connectivity index (χ3n) is 3.91. The summed E-state index contributed by atoms with van der Waals surface area (Å²) in [4.78, 5) is 10.9. The van der Waals surface area contributed by atoms with Crippen LogP contribution >= 0.6 is 0 Å². The largest absolute Gasteiger partial charge is 0.486 e. The molecule has 0 amide bonds. The highest BCUT2D eigenvalue weighted by molar-refractivity contribution is 5.73. The van der Waals surface area contributed by atoms with Gasteiger partial charge in [-0.25, -0.2) is 0 Å². The summed E-state index contributed by atoms with van der Waals surface area (Å²) in [5, 5.41) is 8.98. The first-order valence-electron chi connectivity index (χ1n) is 6.46. The van der Waals surface area contributed by atoms with Crippen LogP contribution < -0.4 is 15.2 Å². The zero-order valence-electron chi connectivity index (χ0n) is 10.8. The van der Waals surface area contributed by atoms with Gasteiger partial charge in [0.05, 0.1) is 5.92 Å². The normalized spacial score (nSPS) is 25.8. The summed E-state index contributed by atoms with van der Waals surface area (Å²) in [6, 6.07) is 3.56. The van der Waals surface area contributed by atoms with Crippen molar-refractivity contribution in [1.82, 2.24) is 0 Å². The van der Waals surface area contributed by atoms with Crippen molar-refractivity contribution in [3.63, 3.8) is 0 Å². The Morgan fingerprint density at radius 2 is 2.00 bits per heavy atom. The van der Waals surface area contributed by atoms with Gasteiger partial charge in [-0.15, -0.1) is 0 Å². The van der Waals surface area contributed by atoms with Crippen molar-refractivity contribution >= 4 is 5.97 Å². The third-order valence-corrected chi connectivity index (χ3v) is 3.91. The zero-order valence-corrected chi connectivity index (χ0v) is 10.8. The smallest absolute Gasteiger partial charge is 0.306 e. The van der Waals surface area contributed by atoms with Crippen molar-refractivity contribution in [3.05, 3.63) is 23.3 Å². The lowest BCUT2D eigenvalue weighted by Gasteiger charge is -2.22. The van der Waals surface area contributed by atoms with Gasteiger partial charge in [0, 0.05) is 6.04 Å². The van der Waals surface area contributed by atoms with Gasteiger partial charge in [0.2, 0.25) is 0 Å². The Kier molecular flexibility index (Phi) is 2.86. The monoisotopic (exact) mass is 263 g/mol. The summed E-state index contributed by atoms with van der Waals surface area (Å²) < 4.78 is 11.1. The minimum absolute atomic E-state index is 0.0266. The molecule has 0 aromatic heterocycles. The van der Waals surface area contributed by atoms with E-state index in [-0.39, 0.29) is 17.9 Å². The number of aliphatic carboxylic acids is 1. The molecule has 3 unspecified atom stereocenters. The molecule has 2 aliphatic rings. The second-order valence-electron chi connectivity index (χ2n) is 5.22. The fourth-order valence-corrected chi connectivity index (χ4v) is 2.69. The second-order valence-corrected chi connectivity index (χ2v) is 5.22. The minimum Gasteiger partial charge on any atom is -0.486 e. The number of benzene rings is 1. The van der Waals surface area contributed by atoms with Gasteiger partial charge in [-0.1, -0.05) is 0 Å². The maximum absolute atomic E-state index is 10.9. The quantitative estimate of drug-likeness (QED) is 0.863. The Labute approximate surface area is 111 Å². The molecule has 0 bridgehead atoms. The van der Waals surface area contributed by atoms with E-state index in [1.807, 2.05) is 19.1 Å². The van der Waals surface area contributed by atoms with Gasteiger partial charge in [-0.05, 0) is 42.5 Å². The van der Waals surface area contributed by atoms with Crippen LogP contribution in [0.2, 0.25) is 0 Å². The first kappa shape index (κ1) is 12.3. The fraction of sp³-hybridized carbons (Fsp3) is 0.500. The standard InChI is InChI=1S/C14H17NO4/c1-7-4-11-12(19-3-2-18-11)6-8(7)13(15)9-5-10(9)14(16)17/h4,6,9-10,13H,2-3,5,15H2,1H3,(H,16,17). The number of carboxylic acid groups (broad SMARTS) is 1.